The number of carbonyl (C=O) groups is 1. The van der Waals surface area contributed by atoms with E-state index in [1.807, 2.05) is 0 Å². The average Bonchev–Trinajstić information content (AvgIpc) is 2.55. The van der Waals surface area contributed by atoms with E-state index in [9.17, 15) is 18.0 Å². The summed E-state index contributed by atoms with van der Waals surface area (Å²) >= 11 is 0. The van der Waals surface area contributed by atoms with Gasteiger partial charge in [0.15, 0.2) is 0 Å². The molecule has 0 saturated carbocycles. The second-order valence-corrected chi connectivity index (χ2v) is 4.65. The Bertz CT molecular complexity index is 654. The molecule has 2 rings (SSSR count). The van der Waals surface area contributed by atoms with Gasteiger partial charge in [0, 0.05) is 0 Å². The number of esters is 1. The van der Waals surface area contributed by atoms with Crippen LogP contribution in [0.2, 0.25) is 0 Å². The number of carbonyl (C=O) groups excluding carboxylic acids is 1. The molecule has 1 atom stereocenters. The summed E-state index contributed by atoms with van der Waals surface area (Å²) in [5.41, 5.74) is -0.813. The first-order chi connectivity index (χ1) is 11.4. The Kier molecular flexibility index (Phi) is 5.68. The zero-order valence-corrected chi connectivity index (χ0v) is 12.7. The van der Waals surface area contributed by atoms with Crippen LogP contribution in [0.15, 0.2) is 54.6 Å². The van der Waals surface area contributed by atoms with Crippen molar-refractivity contribution in [3.8, 4) is 11.5 Å². The highest BCUT2D eigenvalue weighted by molar-refractivity contribution is 5.74. The molecule has 2 aromatic rings. The number of ether oxygens (including phenoxy) is 3. The van der Waals surface area contributed by atoms with E-state index in [-0.39, 0.29) is 12.4 Å². The minimum absolute atomic E-state index is 0.0528. The molecule has 0 N–H and O–H groups in total. The number of rotatable bonds is 6. The van der Waals surface area contributed by atoms with Gasteiger partial charge in [0.2, 0.25) is 0 Å². The lowest BCUT2D eigenvalue weighted by Crippen LogP contribution is -2.35. The van der Waals surface area contributed by atoms with Crippen LogP contribution >= 0.6 is 0 Å². The number of alkyl halides is 3. The number of hydrogen-bond donors (Lipinski definition) is 0. The summed E-state index contributed by atoms with van der Waals surface area (Å²) in [6.45, 7) is 1.74. The molecule has 0 aromatic heterocycles. The Labute approximate surface area is 136 Å². The summed E-state index contributed by atoms with van der Waals surface area (Å²) < 4.78 is 53.3. The fourth-order valence-corrected chi connectivity index (χ4v) is 1.80. The van der Waals surface area contributed by atoms with Gasteiger partial charge in [0.05, 0.1) is 12.2 Å². The van der Waals surface area contributed by atoms with Crippen molar-refractivity contribution in [2.75, 3.05) is 6.61 Å². The molecule has 4 nitrogen and oxygen atoms in total. The molecule has 0 radical (unpaired) electrons. The first-order valence-corrected chi connectivity index (χ1v) is 7.12. The fraction of sp³-hybridized carbons (Fsp3) is 0.235. The maximum Gasteiger partial charge on any atom is 0.416 e. The number of para-hydroxylation sites is 1. The van der Waals surface area contributed by atoms with Crippen LogP contribution in [0.3, 0.4) is 0 Å². The van der Waals surface area contributed by atoms with Crippen LogP contribution in [0.4, 0.5) is 13.2 Å². The highest BCUT2D eigenvalue weighted by Crippen LogP contribution is 2.30. The third-order valence-electron chi connectivity index (χ3n) is 2.89. The van der Waals surface area contributed by atoms with Gasteiger partial charge in [-0.25, -0.2) is 4.79 Å². The standard InChI is InChI=1S/C17H15F3O4/c1-2-22-15(21)16(23-13-6-4-3-5-7-13)24-14-10-8-12(9-11-14)17(18,19)20/h3-11,16H,2H2,1H3. The van der Waals surface area contributed by atoms with E-state index in [4.69, 9.17) is 14.2 Å². The van der Waals surface area contributed by atoms with Crippen LogP contribution < -0.4 is 9.47 Å². The predicted octanol–water partition coefficient (Wildman–Crippen LogP) is 4.05. The molecule has 0 spiro atoms. The van der Waals surface area contributed by atoms with E-state index in [2.05, 4.69) is 0 Å². The maximum atomic E-state index is 12.6. The van der Waals surface area contributed by atoms with E-state index in [1.54, 1.807) is 37.3 Å². The van der Waals surface area contributed by atoms with Crippen LogP contribution in [-0.2, 0) is 15.7 Å². The van der Waals surface area contributed by atoms with Crippen molar-refractivity contribution in [2.24, 2.45) is 0 Å². The van der Waals surface area contributed by atoms with Gasteiger partial charge in [0.1, 0.15) is 11.5 Å². The molecule has 128 valence electrons. The molecule has 0 amide bonds. The van der Waals surface area contributed by atoms with E-state index in [0.29, 0.717) is 5.75 Å². The molecule has 0 heterocycles. The zero-order chi connectivity index (χ0) is 17.6. The van der Waals surface area contributed by atoms with Gasteiger partial charge in [-0.05, 0) is 43.3 Å². The van der Waals surface area contributed by atoms with Crippen molar-refractivity contribution in [2.45, 2.75) is 19.4 Å². The largest absolute Gasteiger partial charge is 0.460 e. The van der Waals surface area contributed by atoms with Crippen molar-refractivity contribution in [3.05, 3.63) is 60.2 Å². The summed E-state index contributed by atoms with van der Waals surface area (Å²) in [4.78, 5) is 11.9. The lowest BCUT2D eigenvalue weighted by Gasteiger charge is -2.19. The molecular formula is C17H15F3O4. The molecule has 0 aliphatic carbocycles. The molecule has 0 aliphatic rings. The first kappa shape index (κ1) is 17.7. The summed E-state index contributed by atoms with van der Waals surface area (Å²) in [5, 5.41) is 0. The zero-order valence-electron chi connectivity index (χ0n) is 12.7. The van der Waals surface area contributed by atoms with Crippen molar-refractivity contribution in [1.82, 2.24) is 0 Å². The molecular weight excluding hydrogens is 325 g/mol. The molecule has 0 fully saturated rings. The van der Waals surface area contributed by atoms with Crippen molar-refractivity contribution in [3.63, 3.8) is 0 Å². The quantitative estimate of drug-likeness (QED) is 0.588. The minimum Gasteiger partial charge on any atom is -0.460 e. The Morgan fingerprint density at radius 1 is 0.958 bits per heavy atom. The van der Waals surface area contributed by atoms with Gasteiger partial charge in [-0.1, -0.05) is 18.2 Å². The Hall–Kier alpha value is -2.70. The lowest BCUT2D eigenvalue weighted by atomic mass is 10.2. The number of benzene rings is 2. The van der Waals surface area contributed by atoms with Gasteiger partial charge in [0.25, 0.3) is 0 Å². The summed E-state index contributed by atoms with van der Waals surface area (Å²) in [6.07, 6.45) is -5.87. The molecule has 1 unspecified atom stereocenters. The maximum absolute atomic E-state index is 12.6. The van der Waals surface area contributed by atoms with Gasteiger partial charge in [-0.2, -0.15) is 13.2 Å². The highest BCUT2D eigenvalue weighted by Gasteiger charge is 2.30. The Morgan fingerprint density at radius 2 is 1.50 bits per heavy atom. The van der Waals surface area contributed by atoms with Gasteiger partial charge < -0.3 is 14.2 Å². The molecule has 0 saturated heterocycles. The van der Waals surface area contributed by atoms with E-state index >= 15 is 0 Å². The van der Waals surface area contributed by atoms with E-state index in [1.165, 1.54) is 0 Å². The molecule has 0 aliphatic heterocycles. The molecule has 2 aromatic carbocycles. The molecule has 7 heteroatoms. The van der Waals surface area contributed by atoms with Crippen LogP contribution in [0.5, 0.6) is 11.5 Å². The average molecular weight is 340 g/mol. The highest BCUT2D eigenvalue weighted by atomic mass is 19.4. The Balaban J connectivity index is 2.14. The van der Waals surface area contributed by atoms with Gasteiger partial charge in [-0.3, -0.25) is 0 Å². The number of halogens is 3. The first-order valence-electron chi connectivity index (χ1n) is 7.12. The van der Waals surface area contributed by atoms with Crippen molar-refractivity contribution >= 4 is 5.97 Å². The van der Waals surface area contributed by atoms with E-state index in [0.717, 1.165) is 24.3 Å². The van der Waals surface area contributed by atoms with Crippen LogP contribution in [0.1, 0.15) is 12.5 Å². The fourth-order valence-electron chi connectivity index (χ4n) is 1.80. The lowest BCUT2D eigenvalue weighted by molar-refractivity contribution is -0.165. The van der Waals surface area contributed by atoms with Gasteiger partial charge in [-0.15, -0.1) is 0 Å². The summed E-state index contributed by atoms with van der Waals surface area (Å²) in [5.74, 6) is -0.360. The second-order valence-electron chi connectivity index (χ2n) is 4.65. The molecule has 0 bridgehead atoms. The van der Waals surface area contributed by atoms with Crippen molar-refractivity contribution < 1.29 is 32.2 Å². The minimum atomic E-state index is -4.44. The topological polar surface area (TPSA) is 44.8 Å². The van der Waals surface area contributed by atoms with Crippen LogP contribution in [-0.4, -0.2) is 18.9 Å². The monoisotopic (exact) mass is 340 g/mol. The van der Waals surface area contributed by atoms with Crippen LogP contribution in [0, 0.1) is 0 Å². The number of hydrogen-bond acceptors (Lipinski definition) is 4. The SMILES string of the molecule is CCOC(=O)C(Oc1ccccc1)Oc1ccc(C(F)(F)F)cc1. The third kappa shape index (κ3) is 4.91. The second kappa shape index (κ2) is 7.72. The summed E-state index contributed by atoms with van der Waals surface area (Å²) in [7, 11) is 0. The smallest absolute Gasteiger partial charge is 0.416 e. The van der Waals surface area contributed by atoms with Crippen molar-refractivity contribution in [1.29, 1.82) is 0 Å². The Morgan fingerprint density at radius 3 is 2.00 bits per heavy atom. The molecule has 24 heavy (non-hydrogen) atoms. The normalized spacial score (nSPS) is 12.3. The third-order valence-corrected chi connectivity index (χ3v) is 2.89. The van der Waals surface area contributed by atoms with E-state index < -0.39 is 24.0 Å². The summed E-state index contributed by atoms with van der Waals surface area (Å²) in [6, 6.07) is 12.4. The predicted molar refractivity (Wildman–Crippen MR) is 79.6 cm³/mol. The van der Waals surface area contributed by atoms with Gasteiger partial charge >= 0.3 is 18.4 Å². The van der Waals surface area contributed by atoms with Crippen LogP contribution in [0.25, 0.3) is 0 Å².